The van der Waals surface area contributed by atoms with E-state index >= 15 is 0 Å². The van der Waals surface area contributed by atoms with Gasteiger partial charge in [0.1, 0.15) is 18.2 Å². The standard InChI is InChI=1S/C32H34FN3O2/c1-34-14-15-38-29-7-3-6-26(19-29)31-20-27-18-28(33)10-11-30(27)36(31)13-12-35(32(37)17-23-8-9-23)22-25-5-2-4-24(16-25)21-34/h2-7,10-11,16,18-20,23H,8-9,12-15,17,21-22H2,1H3. The van der Waals surface area contributed by atoms with E-state index in [1.54, 1.807) is 6.07 Å². The summed E-state index contributed by atoms with van der Waals surface area (Å²) in [4.78, 5) is 17.7. The summed E-state index contributed by atoms with van der Waals surface area (Å²) in [7, 11) is 2.10. The van der Waals surface area contributed by atoms with Crippen molar-refractivity contribution in [2.24, 2.45) is 5.92 Å². The number of likely N-dealkylation sites (N-methyl/N-ethyl adjacent to an activating group) is 1. The third kappa shape index (κ3) is 5.60. The number of hydrogen-bond donors (Lipinski definition) is 0. The first-order valence-corrected chi connectivity index (χ1v) is 13.6. The second kappa shape index (κ2) is 10.6. The van der Waals surface area contributed by atoms with Crippen molar-refractivity contribution in [2.75, 3.05) is 26.7 Å². The van der Waals surface area contributed by atoms with E-state index in [1.807, 2.05) is 29.2 Å². The van der Waals surface area contributed by atoms with Crippen LogP contribution in [0.3, 0.4) is 0 Å². The molecule has 1 aliphatic heterocycles. The fraction of sp³-hybridized carbons (Fsp3) is 0.344. The molecule has 1 aromatic heterocycles. The molecule has 4 bridgehead atoms. The lowest BCUT2D eigenvalue weighted by Crippen LogP contribution is -2.33. The smallest absolute Gasteiger partial charge is 0.223 e. The maximum atomic E-state index is 14.2. The van der Waals surface area contributed by atoms with E-state index in [-0.39, 0.29) is 11.7 Å². The molecule has 2 heterocycles. The molecule has 6 rings (SSSR count). The maximum Gasteiger partial charge on any atom is 0.223 e. The number of nitrogens with zero attached hydrogens (tertiary/aromatic N) is 3. The third-order valence-corrected chi connectivity index (χ3v) is 7.66. The van der Waals surface area contributed by atoms with Gasteiger partial charge in [-0.05, 0) is 73.3 Å². The Balaban J connectivity index is 1.40. The molecule has 1 fully saturated rings. The van der Waals surface area contributed by atoms with Gasteiger partial charge >= 0.3 is 0 Å². The Morgan fingerprint density at radius 2 is 1.74 bits per heavy atom. The molecule has 0 N–H and O–H groups in total. The molecule has 196 valence electrons. The quantitative estimate of drug-likeness (QED) is 0.326. The van der Waals surface area contributed by atoms with Gasteiger partial charge in [-0.25, -0.2) is 4.39 Å². The van der Waals surface area contributed by atoms with Crippen molar-refractivity contribution >= 4 is 16.8 Å². The van der Waals surface area contributed by atoms with Crippen molar-refractivity contribution in [3.8, 4) is 17.0 Å². The summed E-state index contributed by atoms with van der Waals surface area (Å²) in [6, 6.07) is 23.6. The number of aromatic nitrogens is 1. The van der Waals surface area contributed by atoms with Gasteiger partial charge < -0.3 is 14.2 Å². The summed E-state index contributed by atoms with van der Waals surface area (Å²) in [5, 5.41) is 0.853. The first-order chi connectivity index (χ1) is 18.5. The van der Waals surface area contributed by atoms with Crippen molar-refractivity contribution in [3.05, 3.63) is 89.7 Å². The minimum atomic E-state index is -0.252. The molecule has 6 heteroatoms. The number of hydrogen-bond acceptors (Lipinski definition) is 3. The Hall–Kier alpha value is -3.64. The normalized spacial score (nSPS) is 17.1. The molecule has 0 unspecified atom stereocenters. The highest BCUT2D eigenvalue weighted by Crippen LogP contribution is 2.34. The third-order valence-electron chi connectivity index (χ3n) is 7.66. The van der Waals surface area contributed by atoms with Crippen LogP contribution in [0.15, 0.2) is 72.8 Å². The summed E-state index contributed by atoms with van der Waals surface area (Å²) in [6.45, 7) is 3.98. The summed E-state index contributed by atoms with van der Waals surface area (Å²) >= 11 is 0. The Labute approximate surface area is 223 Å². The van der Waals surface area contributed by atoms with Gasteiger partial charge in [-0.1, -0.05) is 36.4 Å². The minimum Gasteiger partial charge on any atom is -0.492 e. The summed E-state index contributed by atoms with van der Waals surface area (Å²) < 4.78 is 22.5. The predicted molar refractivity (Wildman–Crippen MR) is 148 cm³/mol. The van der Waals surface area contributed by atoms with Crippen LogP contribution in [0.4, 0.5) is 4.39 Å². The number of benzene rings is 3. The van der Waals surface area contributed by atoms with Crippen LogP contribution in [0.5, 0.6) is 5.75 Å². The topological polar surface area (TPSA) is 37.7 Å². The second-order valence-electron chi connectivity index (χ2n) is 10.8. The van der Waals surface area contributed by atoms with E-state index in [0.29, 0.717) is 38.6 Å². The van der Waals surface area contributed by atoms with Gasteiger partial charge in [-0.2, -0.15) is 0 Å². The van der Waals surface area contributed by atoms with Crippen molar-refractivity contribution < 1.29 is 13.9 Å². The Morgan fingerprint density at radius 3 is 2.58 bits per heavy atom. The van der Waals surface area contributed by atoms with Crippen LogP contribution in [0.25, 0.3) is 22.2 Å². The summed E-state index contributed by atoms with van der Waals surface area (Å²) in [5.41, 5.74) is 5.34. The molecular weight excluding hydrogens is 477 g/mol. The molecule has 1 saturated carbocycles. The van der Waals surface area contributed by atoms with Gasteiger partial charge in [-0.15, -0.1) is 0 Å². The van der Waals surface area contributed by atoms with E-state index in [4.69, 9.17) is 4.74 Å². The maximum absolute atomic E-state index is 14.2. The number of rotatable bonds is 2. The van der Waals surface area contributed by atoms with E-state index in [1.165, 1.54) is 11.6 Å². The molecule has 38 heavy (non-hydrogen) atoms. The van der Waals surface area contributed by atoms with E-state index in [0.717, 1.165) is 59.4 Å². The first kappa shape index (κ1) is 24.7. The Bertz CT molecular complexity index is 1460. The molecule has 4 aromatic rings. The minimum absolute atomic E-state index is 0.215. The second-order valence-corrected chi connectivity index (χ2v) is 10.8. The van der Waals surface area contributed by atoms with Gasteiger partial charge in [0.15, 0.2) is 0 Å². The largest absolute Gasteiger partial charge is 0.492 e. The van der Waals surface area contributed by atoms with Crippen LogP contribution in [0, 0.1) is 11.7 Å². The van der Waals surface area contributed by atoms with E-state index < -0.39 is 0 Å². The van der Waals surface area contributed by atoms with Crippen molar-refractivity contribution in [1.29, 1.82) is 0 Å². The van der Waals surface area contributed by atoms with Crippen molar-refractivity contribution in [1.82, 2.24) is 14.4 Å². The molecule has 1 amide bonds. The molecule has 0 atom stereocenters. The fourth-order valence-electron chi connectivity index (χ4n) is 5.43. The highest BCUT2D eigenvalue weighted by Gasteiger charge is 2.27. The first-order valence-electron chi connectivity index (χ1n) is 13.6. The van der Waals surface area contributed by atoms with Gasteiger partial charge in [0.05, 0.1) is 0 Å². The lowest BCUT2D eigenvalue weighted by atomic mass is 10.1. The van der Waals surface area contributed by atoms with Crippen LogP contribution in [0.1, 0.15) is 30.4 Å². The SMILES string of the molecule is CN1CCOc2cccc(c2)-c2cc3cc(F)ccc3n2CCN(C(=O)CC2CC2)Cc2cccc(c2)C1. The number of amides is 1. The molecule has 1 aliphatic carbocycles. The molecule has 0 saturated heterocycles. The lowest BCUT2D eigenvalue weighted by Gasteiger charge is -2.25. The van der Waals surface area contributed by atoms with E-state index in [2.05, 4.69) is 52.9 Å². The molecule has 3 aromatic carbocycles. The zero-order chi connectivity index (χ0) is 26.1. The van der Waals surface area contributed by atoms with Gasteiger partial charge in [0.25, 0.3) is 0 Å². The predicted octanol–water partition coefficient (Wildman–Crippen LogP) is 6.10. The van der Waals surface area contributed by atoms with Gasteiger partial charge in [0.2, 0.25) is 5.91 Å². The van der Waals surface area contributed by atoms with Crippen LogP contribution in [-0.4, -0.2) is 47.0 Å². The molecule has 0 radical (unpaired) electrons. The van der Waals surface area contributed by atoms with Crippen LogP contribution < -0.4 is 4.74 Å². The van der Waals surface area contributed by atoms with Crippen molar-refractivity contribution in [3.63, 3.8) is 0 Å². The van der Waals surface area contributed by atoms with Crippen molar-refractivity contribution in [2.45, 2.75) is 38.9 Å². The number of fused-ring (bicyclic) bond motifs is 8. The summed E-state index contributed by atoms with van der Waals surface area (Å²) in [6.07, 6.45) is 2.92. The van der Waals surface area contributed by atoms with Gasteiger partial charge in [0, 0.05) is 61.3 Å². The van der Waals surface area contributed by atoms with Crippen LogP contribution >= 0.6 is 0 Å². The molecule has 0 spiro atoms. The highest BCUT2D eigenvalue weighted by atomic mass is 19.1. The number of carbonyl (C=O) groups is 1. The van der Waals surface area contributed by atoms with E-state index in [9.17, 15) is 9.18 Å². The highest BCUT2D eigenvalue weighted by molar-refractivity contribution is 5.87. The van der Waals surface area contributed by atoms with Crippen LogP contribution in [0.2, 0.25) is 0 Å². The molecular formula is C32H34FN3O2. The average Bonchev–Trinajstić information content (AvgIpc) is 3.64. The van der Waals surface area contributed by atoms with Crippen LogP contribution in [-0.2, 0) is 24.4 Å². The molecule has 2 aliphatic rings. The summed E-state index contributed by atoms with van der Waals surface area (Å²) in [5.74, 6) is 1.30. The average molecular weight is 512 g/mol. The van der Waals surface area contributed by atoms with Gasteiger partial charge in [-0.3, -0.25) is 9.69 Å². The monoisotopic (exact) mass is 511 g/mol. The number of halogens is 1. The lowest BCUT2D eigenvalue weighted by molar-refractivity contribution is -0.132. The Morgan fingerprint density at radius 1 is 0.921 bits per heavy atom. The molecule has 5 nitrogen and oxygen atoms in total. The Kier molecular flexibility index (Phi) is 6.90. The fourth-order valence-corrected chi connectivity index (χ4v) is 5.43. The zero-order valence-electron chi connectivity index (χ0n) is 21.9. The number of carbonyl (C=O) groups excluding carboxylic acids is 1. The zero-order valence-corrected chi connectivity index (χ0v) is 21.9. The number of ether oxygens (including phenoxy) is 1.